The first-order chi connectivity index (χ1) is 11.5. The van der Waals surface area contributed by atoms with Gasteiger partial charge in [-0.05, 0) is 19.9 Å². The normalized spacial score (nSPS) is 12.1. The molecule has 24 heavy (non-hydrogen) atoms. The van der Waals surface area contributed by atoms with Crippen LogP contribution in [-0.4, -0.2) is 41.8 Å². The molecule has 0 unspecified atom stereocenters. The van der Waals surface area contributed by atoms with Crippen LogP contribution in [0.3, 0.4) is 0 Å². The monoisotopic (exact) mass is 325 g/mol. The Morgan fingerprint density at radius 3 is 3.00 bits per heavy atom. The smallest absolute Gasteiger partial charge is 0.224 e. The molecule has 0 atom stereocenters. The zero-order valence-corrected chi connectivity index (χ0v) is 13.3. The molecular formula is C16H16FN7. The SMILES string of the molecule is CC(C)(F)CNc1ncc2c(-c3ccn4nccc4n3)c[nH]c2n1. The van der Waals surface area contributed by atoms with E-state index < -0.39 is 5.67 Å². The van der Waals surface area contributed by atoms with Crippen LogP contribution in [0.25, 0.3) is 27.9 Å². The number of aromatic amines is 1. The average Bonchev–Trinajstić information content (AvgIpc) is 3.17. The average molecular weight is 325 g/mol. The number of halogens is 1. The Hall–Kier alpha value is -3.03. The minimum Gasteiger partial charge on any atom is -0.351 e. The van der Waals surface area contributed by atoms with Gasteiger partial charge in [0.1, 0.15) is 11.3 Å². The number of nitrogens with zero attached hydrogens (tertiary/aromatic N) is 5. The molecule has 122 valence electrons. The molecule has 0 amide bonds. The van der Waals surface area contributed by atoms with Crippen LogP contribution in [0.5, 0.6) is 0 Å². The van der Waals surface area contributed by atoms with E-state index in [0.717, 1.165) is 22.3 Å². The molecule has 0 aliphatic carbocycles. The minimum atomic E-state index is -1.33. The predicted octanol–water partition coefficient (Wildman–Crippen LogP) is 2.83. The number of alkyl halides is 1. The number of rotatable bonds is 4. The summed E-state index contributed by atoms with van der Waals surface area (Å²) < 4.78 is 15.3. The topological polar surface area (TPSA) is 83.8 Å². The minimum absolute atomic E-state index is 0.144. The quantitative estimate of drug-likeness (QED) is 0.603. The Bertz CT molecular complexity index is 1010. The van der Waals surface area contributed by atoms with Gasteiger partial charge in [0.25, 0.3) is 0 Å². The number of aromatic nitrogens is 6. The van der Waals surface area contributed by atoms with E-state index in [9.17, 15) is 4.39 Å². The Balaban J connectivity index is 1.69. The highest BCUT2D eigenvalue weighted by molar-refractivity contribution is 5.92. The molecule has 0 aliphatic heterocycles. The van der Waals surface area contributed by atoms with Crippen LogP contribution < -0.4 is 5.32 Å². The van der Waals surface area contributed by atoms with E-state index in [1.807, 2.05) is 24.5 Å². The molecule has 4 rings (SSSR count). The second-order valence-electron chi connectivity index (χ2n) is 6.18. The molecular weight excluding hydrogens is 309 g/mol. The maximum Gasteiger partial charge on any atom is 0.224 e. The molecule has 0 fully saturated rings. The van der Waals surface area contributed by atoms with Crippen LogP contribution in [0.2, 0.25) is 0 Å². The van der Waals surface area contributed by atoms with Crippen LogP contribution in [0.4, 0.5) is 10.3 Å². The zero-order chi connectivity index (χ0) is 16.7. The maximum atomic E-state index is 13.6. The molecule has 0 aliphatic rings. The fourth-order valence-electron chi connectivity index (χ4n) is 2.46. The third-order valence-electron chi connectivity index (χ3n) is 3.63. The Morgan fingerprint density at radius 2 is 2.17 bits per heavy atom. The van der Waals surface area contributed by atoms with Crippen molar-refractivity contribution in [2.45, 2.75) is 19.5 Å². The largest absolute Gasteiger partial charge is 0.351 e. The number of nitrogens with one attached hydrogen (secondary N) is 2. The van der Waals surface area contributed by atoms with E-state index in [2.05, 4.69) is 30.4 Å². The standard InChI is InChI=1S/C16H16FN7/c1-16(2,17)9-20-15-19-8-11-10(7-18-14(11)23-15)12-4-6-24-13(22-12)3-5-21-24/h3-8H,9H2,1-2H3,(H2,18,19,20,23). The molecule has 0 spiro atoms. The lowest BCUT2D eigenvalue weighted by Crippen LogP contribution is -2.25. The van der Waals surface area contributed by atoms with Gasteiger partial charge in [-0.15, -0.1) is 0 Å². The van der Waals surface area contributed by atoms with E-state index in [4.69, 9.17) is 0 Å². The summed E-state index contributed by atoms with van der Waals surface area (Å²) in [5.41, 5.74) is 1.83. The van der Waals surface area contributed by atoms with Gasteiger partial charge in [-0.25, -0.2) is 18.9 Å². The second kappa shape index (κ2) is 5.26. The summed E-state index contributed by atoms with van der Waals surface area (Å²) in [5.74, 6) is 0.390. The third-order valence-corrected chi connectivity index (χ3v) is 3.63. The lowest BCUT2D eigenvalue weighted by atomic mass is 10.2. The van der Waals surface area contributed by atoms with Gasteiger partial charge in [-0.3, -0.25) is 0 Å². The van der Waals surface area contributed by atoms with Crippen LogP contribution in [0, 0.1) is 0 Å². The van der Waals surface area contributed by atoms with Gasteiger partial charge in [-0.2, -0.15) is 10.1 Å². The van der Waals surface area contributed by atoms with E-state index in [0.29, 0.717) is 11.6 Å². The first-order valence-electron chi connectivity index (χ1n) is 7.57. The number of hydrogen-bond acceptors (Lipinski definition) is 5. The van der Waals surface area contributed by atoms with Gasteiger partial charge in [0.2, 0.25) is 5.95 Å². The molecule has 4 heterocycles. The molecule has 0 radical (unpaired) electrons. The summed E-state index contributed by atoms with van der Waals surface area (Å²) in [7, 11) is 0. The van der Waals surface area contributed by atoms with Crippen molar-refractivity contribution in [3.8, 4) is 11.3 Å². The van der Waals surface area contributed by atoms with Crippen molar-refractivity contribution in [1.29, 1.82) is 0 Å². The molecule has 0 saturated heterocycles. The van der Waals surface area contributed by atoms with Gasteiger partial charge < -0.3 is 10.3 Å². The molecule has 0 aromatic carbocycles. The van der Waals surface area contributed by atoms with Crippen molar-refractivity contribution >= 4 is 22.6 Å². The Labute approximate surface area is 137 Å². The molecule has 4 aromatic heterocycles. The van der Waals surface area contributed by atoms with Crippen molar-refractivity contribution in [3.63, 3.8) is 0 Å². The number of anilines is 1. The molecule has 2 N–H and O–H groups in total. The summed E-state index contributed by atoms with van der Waals surface area (Å²) in [6.45, 7) is 3.15. The highest BCUT2D eigenvalue weighted by Crippen LogP contribution is 2.26. The fourth-order valence-corrected chi connectivity index (χ4v) is 2.46. The van der Waals surface area contributed by atoms with E-state index in [1.165, 1.54) is 13.8 Å². The first-order valence-corrected chi connectivity index (χ1v) is 7.57. The number of hydrogen-bond donors (Lipinski definition) is 2. The van der Waals surface area contributed by atoms with Crippen molar-refractivity contribution in [3.05, 3.63) is 36.9 Å². The van der Waals surface area contributed by atoms with Gasteiger partial charge in [-0.1, -0.05) is 0 Å². The van der Waals surface area contributed by atoms with Crippen molar-refractivity contribution in [2.24, 2.45) is 0 Å². The highest BCUT2D eigenvalue weighted by atomic mass is 19.1. The van der Waals surface area contributed by atoms with Crippen LogP contribution in [-0.2, 0) is 0 Å². The van der Waals surface area contributed by atoms with Gasteiger partial charge >= 0.3 is 0 Å². The summed E-state index contributed by atoms with van der Waals surface area (Å²) in [5, 5.41) is 7.90. The molecule has 0 bridgehead atoms. The number of fused-ring (bicyclic) bond motifs is 2. The third kappa shape index (κ3) is 2.66. The van der Waals surface area contributed by atoms with Crippen LogP contribution in [0.15, 0.2) is 36.9 Å². The molecule has 8 heteroatoms. The van der Waals surface area contributed by atoms with Crippen LogP contribution in [0.1, 0.15) is 13.8 Å². The van der Waals surface area contributed by atoms with Gasteiger partial charge in [0, 0.05) is 35.6 Å². The lowest BCUT2D eigenvalue weighted by molar-refractivity contribution is 0.234. The number of H-pyrrole nitrogens is 1. The lowest BCUT2D eigenvalue weighted by Gasteiger charge is -2.14. The van der Waals surface area contributed by atoms with Crippen molar-refractivity contribution < 1.29 is 4.39 Å². The van der Waals surface area contributed by atoms with E-state index in [-0.39, 0.29) is 6.54 Å². The maximum absolute atomic E-state index is 13.6. The summed E-state index contributed by atoms with van der Waals surface area (Å²) in [4.78, 5) is 16.4. The van der Waals surface area contributed by atoms with E-state index >= 15 is 0 Å². The van der Waals surface area contributed by atoms with Crippen molar-refractivity contribution in [2.75, 3.05) is 11.9 Å². The molecule has 4 aromatic rings. The predicted molar refractivity (Wildman–Crippen MR) is 89.5 cm³/mol. The first kappa shape index (κ1) is 14.6. The molecule has 7 nitrogen and oxygen atoms in total. The van der Waals surface area contributed by atoms with E-state index in [1.54, 1.807) is 16.9 Å². The van der Waals surface area contributed by atoms with Crippen molar-refractivity contribution in [1.82, 2.24) is 29.5 Å². The molecule has 0 saturated carbocycles. The van der Waals surface area contributed by atoms with Gasteiger partial charge in [0.15, 0.2) is 5.65 Å². The summed E-state index contributed by atoms with van der Waals surface area (Å²) in [6.07, 6.45) is 7.12. The Kier molecular flexibility index (Phi) is 3.19. The summed E-state index contributed by atoms with van der Waals surface area (Å²) >= 11 is 0. The highest BCUT2D eigenvalue weighted by Gasteiger charge is 2.16. The fraction of sp³-hybridized carbons (Fsp3) is 0.250. The Morgan fingerprint density at radius 1 is 1.29 bits per heavy atom. The van der Waals surface area contributed by atoms with Crippen LogP contribution >= 0.6 is 0 Å². The zero-order valence-electron chi connectivity index (χ0n) is 13.3. The summed E-state index contributed by atoms with van der Waals surface area (Å²) in [6, 6.07) is 3.73. The second-order valence-corrected chi connectivity index (χ2v) is 6.18. The van der Waals surface area contributed by atoms with Gasteiger partial charge in [0.05, 0.1) is 18.4 Å².